The number of rotatable bonds is 9. The maximum absolute atomic E-state index is 14.0. The Morgan fingerprint density at radius 2 is 1.88 bits per heavy atom. The van der Waals surface area contributed by atoms with Gasteiger partial charge in [-0.3, -0.25) is 5.43 Å². The Hall–Kier alpha value is -2.43. The number of benzene rings is 2. The van der Waals surface area contributed by atoms with Gasteiger partial charge in [-0.2, -0.15) is 5.10 Å². The van der Waals surface area contributed by atoms with Gasteiger partial charge in [0.2, 0.25) is 0 Å². The normalized spacial score (nSPS) is 11.0. The van der Waals surface area contributed by atoms with Crippen LogP contribution in [0.4, 0.5) is 14.5 Å². The second-order valence-electron chi connectivity index (χ2n) is 5.45. The highest BCUT2D eigenvalue weighted by Crippen LogP contribution is 2.23. The number of hydrogen-bond donors (Lipinski definition) is 1. The van der Waals surface area contributed by atoms with E-state index in [0.29, 0.717) is 6.61 Å². The average Bonchev–Trinajstić information content (AvgIpc) is 2.57. The van der Waals surface area contributed by atoms with Gasteiger partial charge in [0.25, 0.3) is 0 Å². The third kappa shape index (κ3) is 5.65. The Balaban J connectivity index is 2.04. The van der Waals surface area contributed by atoms with Crippen molar-refractivity contribution < 1.29 is 13.5 Å². The number of halogens is 2. The number of ether oxygens (including phenoxy) is 1. The lowest BCUT2D eigenvalue weighted by Gasteiger charge is -2.10. The Kier molecular flexibility index (Phi) is 7.21. The van der Waals surface area contributed by atoms with Crippen LogP contribution in [0.25, 0.3) is 0 Å². The van der Waals surface area contributed by atoms with Crippen molar-refractivity contribution in [1.29, 1.82) is 0 Å². The molecular formula is C19H22F2N2O. The van der Waals surface area contributed by atoms with Gasteiger partial charge in [-0.1, -0.05) is 44.4 Å². The first-order valence-electron chi connectivity index (χ1n) is 8.16. The molecule has 0 radical (unpaired) electrons. The van der Waals surface area contributed by atoms with Gasteiger partial charge >= 0.3 is 0 Å². The Bertz CT molecular complexity index is 660. The van der Waals surface area contributed by atoms with E-state index in [4.69, 9.17) is 4.74 Å². The minimum Gasteiger partial charge on any atom is -0.490 e. The van der Waals surface area contributed by atoms with Crippen LogP contribution < -0.4 is 10.2 Å². The predicted molar refractivity (Wildman–Crippen MR) is 93.7 cm³/mol. The van der Waals surface area contributed by atoms with Gasteiger partial charge in [0, 0.05) is 11.6 Å². The average molecular weight is 332 g/mol. The monoisotopic (exact) mass is 332 g/mol. The van der Waals surface area contributed by atoms with Gasteiger partial charge in [0.15, 0.2) is 11.6 Å². The fraction of sp³-hybridized carbons (Fsp3) is 0.316. The summed E-state index contributed by atoms with van der Waals surface area (Å²) in [6.45, 7) is 2.52. The summed E-state index contributed by atoms with van der Waals surface area (Å²) < 4.78 is 33.0. The van der Waals surface area contributed by atoms with Crippen LogP contribution in [0.1, 0.15) is 38.2 Å². The summed E-state index contributed by atoms with van der Waals surface area (Å²) in [6, 6.07) is 11.3. The van der Waals surface area contributed by atoms with Crippen LogP contribution in [0.5, 0.6) is 5.75 Å². The molecule has 24 heavy (non-hydrogen) atoms. The molecule has 0 atom stereocenters. The van der Waals surface area contributed by atoms with Crippen LogP contribution in [0.2, 0.25) is 0 Å². The summed E-state index contributed by atoms with van der Waals surface area (Å²) in [5, 5.41) is 4.02. The molecule has 0 heterocycles. The third-order valence-corrected chi connectivity index (χ3v) is 3.45. The van der Waals surface area contributed by atoms with E-state index in [9.17, 15) is 8.78 Å². The van der Waals surface area contributed by atoms with Crippen molar-refractivity contribution in [3.63, 3.8) is 0 Å². The van der Waals surface area contributed by atoms with E-state index in [1.807, 2.05) is 30.3 Å². The summed E-state index contributed by atoms with van der Waals surface area (Å²) in [6.07, 6.45) is 5.46. The van der Waals surface area contributed by atoms with Crippen LogP contribution in [-0.2, 0) is 0 Å². The molecule has 0 aliphatic carbocycles. The summed E-state index contributed by atoms with van der Waals surface area (Å²) in [5.41, 5.74) is 3.87. The van der Waals surface area contributed by atoms with E-state index in [1.165, 1.54) is 12.3 Å². The zero-order valence-corrected chi connectivity index (χ0v) is 13.8. The summed E-state index contributed by atoms with van der Waals surface area (Å²) >= 11 is 0. The molecule has 0 aliphatic heterocycles. The maximum atomic E-state index is 14.0. The lowest BCUT2D eigenvalue weighted by atomic mass is 10.2. The number of hydrazone groups is 1. The molecule has 2 aromatic rings. The lowest BCUT2D eigenvalue weighted by Crippen LogP contribution is -2.04. The Labute approximate surface area is 141 Å². The molecular weight excluding hydrogens is 310 g/mol. The summed E-state index contributed by atoms with van der Waals surface area (Å²) in [4.78, 5) is 0. The van der Waals surface area contributed by atoms with Crippen LogP contribution in [0.3, 0.4) is 0 Å². The van der Waals surface area contributed by atoms with Gasteiger partial charge < -0.3 is 4.74 Å². The SMILES string of the molecule is CCCCCCOc1c(F)cc(F)cc1C=NNc1ccccc1. The van der Waals surface area contributed by atoms with Crippen molar-refractivity contribution >= 4 is 11.9 Å². The standard InChI is InChI=1S/C19H22F2N2O/c1-2-3-4-8-11-24-19-15(12-16(20)13-18(19)21)14-22-23-17-9-6-5-7-10-17/h5-7,9-10,12-14,23H,2-4,8,11H2,1H3. The van der Waals surface area contributed by atoms with Crippen molar-refractivity contribution in [1.82, 2.24) is 0 Å². The molecule has 0 spiro atoms. The molecule has 0 aromatic heterocycles. The molecule has 0 fully saturated rings. The van der Waals surface area contributed by atoms with Crippen molar-refractivity contribution in [3.05, 3.63) is 59.7 Å². The molecule has 0 amide bonds. The molecule has 0 unspecified atom stereocenters. The minimum atomic E-state index is -0.716. The molecule has 2 rings (SSSR count). The van der Waals surface area contributed by atoms with Gasteiger partial charge in [-0.05, 0) is 24.6 Å². The second kappa shape index (κ2) is 9.65. The highest BCUT2D eigenvalue weighted by Gasteiger charge is 2.11. The van der Waals surface area contributed by atoms with Gasteiger partial charge in [0.1, 0.15) is 5.82 Å². The van der Waals surface area contributed by atoms with Gasteiger partial charge in [-0.15, -0.1) is 0 Å². The summed E-state index contributed by atoms with van der Waals surface area (Å²) in [5.74, 6) is -1.34. The van der Waals surface area contributed by atoms with Crippen molar-refractivity contribution in [2.45, 2.75) is 32.6 Å². The second-order valence-corrected chi connectivity index (χ2v) is 5.45. The molecule has 5 heteroatoms. The molecule has 128 valence electrons. The van der Waals surface area contributed by atoms with Crippen LogP contribution in [0.15, 0.2) is 47.6 Å². The van der Waals surface area contributed by atoms with Crippen molar-refractivity contribution in [2.24, 2.45) is 5.10 Å². The first-order valence-corrected chi connectivity index (χ1v) is 8.16. The van der Waals surface area contributed by atoms with Crippen molar-refractivity contribution in [3.8, 4) is 5.75 Å². The quantitative estimate of drug-likeness (QED) is 0.380. The molecule has 0 aliphatic rings. The highest BCUT2D eigenvalue weighted by atomic mass is 19.1. The first-order chi connectivity index (χ1) is 11.7. The zero-order valence-electron chi connectivity index (χ0n) is 13.8. The molecule has 2 aromatic carbocycles. The zero-order chi connectivity index (χ0) is 17.2. The molecule has 3 nitrogen and oxygen atoms in total. The van der Waals surface area contributed by atoms with Crippen LogP contribution in [0, 0.1) is 11.6 Å². The first kappa shape index (κ1) is 17.9. The summed E-state index contributed by atoms with van der Waals surface area (Å²) in [7, 11) is 0. The smallest absolute Gasteiger partial charge is 0.168 e. The number of unbranched alkanes of at least 4 members (excludes halogenated alkanes) is 3. The number of anilines is 1. The fourth-order valence-corrected chi connectivity index (χ4v) is 2.22. The van der Waals surface area contributed by atoms with Crippen LogP contribution >= 0.6 is 0 Å². The van der Waals surface area contributed by atoms with Crippen molar-refractivity contribution in [2.75, 3.05) is 12.0 Å². The molecule has 0 saturated carbocycles. The van der Waals surface area contributed by atoms with Crippen LogP contribution in [-0.4, -0.2) is 12.8 Å². The molecule has 0 saturated heterocycles. The largest absolute Gasteiger partial charge is 0.490 e. The van der Waals surface area contributed by atoms with E-state index < -0.39 is 11.6 Å². The predicted octanol–water partition coefficient (Wildman–Crippen LogP) is 5.37. The van der Waals surface area contributed by atoms with E-state index >= 15 is 0 Å². The van der Waals surface area contributed by atoms with Gasteiger partial charge in [0.05, 0.1) is 18.5 Å². The minimum absolute atomic E-state index is 0.0338. The molecule has 1 N–H and O–H groups in total. The Morgan fingerprint density at radius 1 is 1.08 bits per heavy atom. The van der Waals surface area contributed by atoms with E-state index in [-0.39, 0.29) is 11.3 Å². The lowest BCUT2D eigenvalue weighted by molar-refractivity contribution is 0.289. The molecule has 0 bridgehead atoms. The van der Waals surface area contributed by atoms with E-state index in [2.05, 4.69) is 17.5 Å². The number of para-hydroxylation sites is 1. The fourth-order valence-electron chi connectivity index (χ4n) is 2.22. The Morgan fingerprint density at radius 3 is 2.62 bits per heavy atom. The number of nitrogens with one attached hydrogen (secondary N) is 1. The number of hydrogen-bond acceptors (Lipinski definition) is 3. The van der Waals surface area contributed by atoms with Gasteiger partial charge in [-0.25, -0.2) is 8.78 Å². The highest BCUT2D eigenvalue weighted by molar-refractivity contribution is 5.84. The van der Waals surface area contributed by atoms with E-state index in [1.54, 1.807) is 0 Å². The number of nitrogens with zero attached hydrogens (tertiary/aromatic N) is 1. The van der Waals surface area contributed by atoms with E-state index in [0.717, 1.165) is 37.4 Å². The third-order valence-electron chi connectivity index (χ3n) is 3.45. The maximum Gasteiger partial charge on any atom is 0.168 e. The topological polar surface area (TPSA) is 33.6 Å².